The van der Waals surface area contributed by atoms with E-state index in [0.717, 1.165) is 23.0 Å². The fraction of sp³-hybridized carbons (Fsp3) is 0.227. The number of amides is 1. The summed E-state index contributed by atoms with van der Waals surface area (Å²) in [5, 5.41) is 15.9. The van der Waals surface area contributed by atoms with Gasteiger partial charge in [-0.15, -0.1) is 0 Å². The molecule has 166 valence electrons. The number of halogens is 2. The summed E-state index contributed by atoms with van der Waals surface area (Å²) in [5.41, 5.74) is 6.57. The number of aliphatic hydroxyl groups is 1. The standard InChI is InChI=1S/C22H21Cl2N5O3/c23-15-5-2-6-16(24)19(15)29-11-26-20(25)18(22(29)32)21(31)28-13-4-1-3-12(9-13)17-8-7-14(10-30)27-17/h1-6,9,11,14,17,27,30H,7-8,10,25H2,(H,28,31)/t14-,17-/m0/s1. The summed E-state index contributed by atoms with van der Waals surface area (Å²) in [5.74, 6) is -0.895. The van der Waals surface area contributed by atoms with Gasteiger partial charge < -0.3 is 21.5 Å². The molecule has 1 aromatic heterocycles. The minimum atomic E-state index is -0.692. The fourth-order valence-electron chi connectivity index (χ4n) is 3.81. The molecule has 10 heteroatoms. The van der Waals surface area contributed by atoms with Crippen LogP contribution in [0.5, 0.6) is 0 Å². The molecule has 32 heavy (non-hydrogen) atoms. The number of carbonyl (C=O) groups excluding carboxylic acids is 1. The van der Waals surface area contributed by atoms with Crippen LogP contribution in [0.2, 0.25) is 10.0 Å². The summed E-state index contributed by atoms with van der Waals surface area (Å²) in [7, 11) is 0. The lowest BCUT2D eigenvalue weighted by atomic mass is 10.0. The largest absolute Gasteiger partial charge is 0.395 e. The maximum absolute atomic E-state index is 13.1. The Hall–Kier alpha value is -2.91. The first-order chi connectivity index (χ1) is 15.4. The van der Waals surface area contributed by atoms with Crippen LogP contribution in [0.3, 0.4) is 0 Å². The number of anilines is 2. The highest BCUT2D eigenvalue weighted by molar-refractivity contribution is 6.37. The molecule has 0 spiro atoms. The highest BCUT2D eigenvalue weighted by Gasteiger charge is 2.25. The number of benzene rings is 2. The van der Waals surface area contributed by atoms with E-state index >= 15 is 0 Å². The molecule has 1 aliphatic rings. The Balaban J connectivity index is 1.64. The van der Waals surface area contributed by atoms with Gasteiger partial charge in [0.2, 0.25) is 0 Å². The van der Waals surface area contributed by atoms with Crippen LogP contribution >= 0.6 is 23.2 Å². The van der Waals surface area contributed by atoms with E-state index in [2.05, 4.69) is 15.6 Å². The second kappa shape index (κ2) is 9.30. The van der Waals surface area contributed by atoms with Crippen LogP contribution in [0.25, 0.3) is 5.69 Å². The number of hydrogen-bond donors (Lipinski definition) is 4. The maximum Gasteiger partial charge on any atom is 0.273 e. The average molecular weight is 474 g/mol. The molecule has 0 radical (unpaired) electrons. The first-order valence-electron chi connectivity index (χ1n) is 9.98. The molecule has 1 amide bonds. The summed E-state index contributed by atoms with van der Waals surface area (Å²) in [6, 6.07) is 12.2. The molecule has 0 saturated carbocycles. The molecule has 0 aliphatic carbocycles. The Morgan fingerprint density at radius 1 is 1.22 bits per heavy atom. The topological polar surface area (TPSA) is 122 Å². The Bertz CT molecular complexity index is 1210. The highest BCUT2D eigenvalue weighted by Crippen LogP contribution is 2.29. The number of aromatic nitrogens is 2. The normalized spacial score (nSPS) is 18.0. The number of nitrogens with zero attached hydrogens (tertiary/aromatic N) is 2. The third-order valence-electron chi connectivity index (χ3n) is 5.41. The molecule has 2 aromatic carbocycles. The van der Waals surface area contributed by atoms with Gasteiger partial charge in [-0.3, -0.25) is 14.2 Å². The summed E-state index contributed by atoms with van der Waals surface area (Å²) in [6.45, 7) is 0.0783. The number of rotatable bonds is 5. The van der Waals surface area contributed by atoms with Gasteiger partial charge in [0.05, 0.1) is 22.3 Å². The van der Waals surface area contributed by atoms with Crippen molar-refractivity contribution in [1.29, 1.82) is 0 Å². The van der Waals surface area contributed by atoms with E-state index in [1.807, 2.05) is 18.2 Å². The van der Waals surface area contributed by atoms with E-state index in [1.54, 1.807) is 24.3 Å². The van der Waals surface area contributed by atoms with Gasteiger partial charge in [-0.1, -0.05) is 41.4 Å². The van der Waals surface area contributed by atoms with E-state index in [1.165, 1.54) is 6.33 Å². The zero-order valence-corrected chi connectivity index (χ0v) is 18.4. The van der Waals surface area contributed by atoms with Gasteiger partial charge in [0, 0.05) is 17.8 Å². The minimum absolute atomic E-state index is 0.0588. The molecule has 0 bridgehead atoms. The van der Waals surface area contributed by atoms with Crippen molar-refractivity contribution in [2.24, 2.45) is 0 Å². The summed E-state index contributed by atoms with van der Waals surface area (Å²) < 4.78 is 1.10. The lowest BCUT2D eigenvalue weighted by molar-refractivity contribution is 0.102. The molecule has 1 aliphatic heterocycles. The first kappa shape index (κ1) is 22.3. The van der Waals surface area contributed by atoms with Gasteiger partial charge in [-0.2, -0.15) is 0 Å². The fourth-order valence-corrected chi connectivity index (χ4v) is 4.39. The first-order valence-corrected chi connectivity index (χ1v) is 10.7. The van der Waals surface area contributed by atoms with Crippen molar-refractivity contribution in [1.82, 2.24) is 14.9 Å². The van der Waals surface area contributed by atoms with Gasteiger partial charge in [0.1, 0.15) is 17.7 Å². The maximum atomic E-state index is 13.1. The molecule has 3 aromatic rings. The van der Waals surface area contributed by atoms with Crippen LogP contribution < -0.4 is 21.9 Å². The third-order valence-corrected chi connectivity index (χ3v) is 6.02. The Labute approximate surface area is 194 Å². The van der Waals surface area contributed by atoms with E-state index in [-0.39, 0.29) is 45.8 Å². The summed E-state index contributed by atoms with van der Waals surface area (Å²) in [6.07, 6.45) is 2.93. The quantitative estimate of drug-likeness (QED) is 0.451. The number of hydrogen-bond acceptors (Lipinski definition) is 6. The van der Waals surface area contributed by atoms with E-state index < -0.39 is 11.5 Å². The van der Waals surface area contributed by atoms with Crippen LogP contribution in [0, 0.1) is 0 Å². The average Bonchev–Trinajstić information content (AvgIpc) is 3.25. The van der Waals surface area contributed by atoms with Crippen LogP contribution in [0.15, 0.2) is 53.6 Å². The van der Waals surface area contributed by atoms with Crippen molar-refractivity contribution in [2.45, 2.75) is 24.9 Å². The molecule has 4 rings (SSSR count). The number of carbonyl (C=O) groups is 1. The molecule has 2 atom stereocenters. The number of nitrogen functional groups attached to an aromatic ring is 1. The van der Waals surface area contributed by atoms with Crippen molar-refractivity contribution in [3.05, 3.63) is 80.3 Å². The van der Waals surface area contributed by atoms with E-state index in [0.29, 0.717) is 5.69 Å². The monoisotopic (exact) mass is 473 g/mol. The van der Waals surface area contributed by atoms with Crippen molar-refractivity contribution >= 4 is 40.6 Å². The Morgan fingerprint density at radius 2 is 1.94 bits per heavy atom. The van der Waals surface area contributed by atoms with E-state index in [4.69, 9.17) is 28.9 Å². The summed E-state index contributed by atoms with van der Waals surface area (Å²) in [4.78, 5) is 30.1. The van der Waals surface area contributed by atoms with E-state index in [9.17, 15) is 14.7 Å². The van der Waals surface area contributed by atoms with Crippen LogP contribution in [-0.4, -0.2) is 33.2 Å². The highest BCUT2D eigenvalue weighted by atomic mass is 35.5. The van der Waals surface area contributed by atoms with Gasteiger partial charge >= 0.3 is 0 Å². The summed E-state index contributed by atoms with van der Waals surface area (Å²) >= 11 is 12.4. The molecule has 1 fully saturated rings. The molecule has 8 nitrogen and oxygen atoms in total. The molecule has 0 unspecified atom stereocenters. The lowest BCUT2D eigenvalue weighted by Gasteiger charge is -2.15. The van der Waals surface area contributed by atoms with Gasteiger partial charge in [0.25, 0.3) is 11.5 Å². The van der Waals surface area contributed by atoms with Crippen molar-refractivity contribution in [3.63, 3.8) is 0 Å². The Morgan fingerprint density at radius 3 is 2.62 bits per heavy atom. The number of para-hydroxylation sites is 1. The molecular weight excluding hydrogens is 453 g/mol. The van der Waals surface area contributed by atoms with Crippen molar-refractivity contribution in [3.8, 4) is 5.69 Å². The van der Waals surface area contributed by atoms with Crippen molar-refractivity contribution in [2.75, 3.05) is 17.7 Å². The molecule has 1 saturated heterocycles. The number of nitrogens with two attached hydrogens (primary N) is 1. The van der Waals surface area contributed by atoms with Crippen LogP contribution in [0.1, 0.15) is 34.8 Å². The second-order valence-electron chi connectivity index (χ2n) is 7.51. The SMILES string of the molecule is Nc1ncn(-c2c(Cl)cccc2Cl)c(=O)c1C(=O)Nc1cccc([C@@H]2CC[C@@H](CO)N2)c1. The third kappa shape index (κ3) is 4.35. The molecule has 2 heterocycles. The van der Waals surface area contributed by atoms with Crippen LogP contribution in [0.4, 0.5) is 11.5 Å². The second-order valence-corrected chi connectivity index (χ2v) is 8.32. The van der Waals surface area contributed by atoms with Gasteiger partial charge in [-0.05, 0) is 42.7 Å². The van der Waals surface area contributed by atoms with Gasteiger partial charge in [0.15, 0.2) is 0 Å². The molecule has 5 N–H and O–H groups in total. The Kier molecular flexibility index (Phi) is 6.48. The lowest BCUT2D eigenvalue weighted by Crippen LogP contribution is -2.31. The van der Waals surface area contributed by atoms with Crippen LogP contribution in [-0.2, 0) is 0 Å². The smallest absolute Gasteiger partial charge is 0.273 e. The van der Waals surface area contributed by atoms with Gasteiger partial charge in [-0.25, -0.2) is 4.98 Å². The predicted molar refractivity (Wildman–Crippen MR) is 125 cm³/mol. The minimum Gasteiger partial charge on any atom is -0.395 e. The number of aliphatic hydroxyl groups excluding tert-OH is 1. The predicted octanol–water partition coefficient (Wildman–Crippen LogP) is 3.16. The zero-order valence-electron chi connectivity index (χ0n) is 16.9. The zero-order chi connectivity index (χ0) is 22.8. The van der Waals surface area contributed by atoms with Crippen molar-refractivity contribution < 1.29 is 9.90 Å². The molecular formula is C22H21Cl2N5O3. The number of nitrogens with one attached hydrogen (secondary N) is 2.